The smallest absolute Gasteiger partial charge is 0.342 e. The number of hydrogen-bond acceptors (Lipinski definition) is 5. The van der Waals surface area contributed by atoms with Gasteiger partial charge in [-0.25, -0.2) is 9.59 Å². The zero-order valence-electron chi connectivity index (χ0n) is 12.9. The summed E-state index contributed by atoms with van der Waals surface area (Å²) in [5.74, 6) is -1.58. The fraction of sp³-hybridized carbons (Fsp3) is 0.400. The Morgan fingerprint density at radius 3 is 2.65 bits per heavy atom. The molecule has 0 atom stereocenters. The number of carbonyl (C=O) groups is 3. The SMILES string of the molecule is CC(C)CCNC(=O)NC(=O)COC(=O)c1cc(Cl)ccc1O. The molecule has 3 N–H and O–H groups in total. The van der Waals surface area contributed by atoms with Gasteiger partial charge in [0.15, 0.2) is 6.61 Å². The monoisotopic (exact) mass is 342 g/mol. The molecule has 0 heterocycles. The molecule has 0 saturated carbocycles. The van der Waals surface area contributed by atoms with E-state index in [2.05, 4.69) is 5.32 Å². The number of esters is 1. The second-order valence-electron chi connectivity index (χ2n) is 5.22. The van der Waals surface area contributed by atoms with Crippen molar-refractivity contribution in [3.8, 4) is 5.75 Å². The van der Waals surface area contributed by atoms with E-state index in [4.69, 9.17) is 16.3 Å². The summed E-state index contributed by atoms with van der Waals surface area (Å²) in [4.78, 5) is 34.6. The van der Waals surface area contributed by atoms with Crippen LogP contribution in [0.5, 0.6) is 5.75 Å². The molecular weight excluding hydrogens is 324 g/mol. The topological polar surface area (TPSA) is 105 Å². The van der Waals surface area contributed by atoms with Gasteiger partial charge >= 0.3 is 12.0 Å². The number of benzene rings is 1. The number of urea groups is 1. The third-order valence-corrected chi connectivity index (χ3v) is 3.01. The van der Waals surface area contributed by atoms with Gasteiger partial charge in [0.2, 0.25) is 0 Å². The van der Waals surface area contributed by atoms with Gasteiger partial charge in [0.25, 0.3) is 5.91 Å². The Balaban J connectivity index is 2.39. The van der Waals surface area contributed by atoms with Crippen molar-refractivity contribution in [1.29, 1.82) is 0 Å². The van der Waals surface area contributed by atoms with E-state index in [0.717, 1.165) is 6.42 Å². The standard InChI is InChI=1S/C15H19ClN2O5/c1-9(2)5-6-17-15(22)18-13(20)8-23-14(21)11-7-10(16)3-4-12(11)19/h3-4,7,9,19H,5-6,8H2,1-2H3,(H2,17,18,20,22). The van der Waals surface area contributed by atoms with E-state index in [0.29, 0.717) is 12.5 Å². The maximum atomic E-state index is 11.7. The number of hydrogen-bond donors (Lipinski definition) is 3. The predicted octanol–water partition coefficient (Wildman–Crippen LogP) is 2.07. The van der Waals surface area contributed by atoms with Crippen LogP contribution in [0.1, 0.15) is 30.6 Å². The first-order valence-corrected chi connectivity index (χ1v) is 7.40. The minimum atomic E-state index is -0.916. The molecule has 8 heteroatoms. The molecule has 7 nitrogen and oxygen atoms in total. The number of ether oxygens (including phenoxy) is 1. The molecule has 0 saturated heterocycles. The fourth-order valence-electron chi connectivity index (χ4n) is 1.56. The van der Waals surface area contributed by atoms with Crippen LogP contribution in [0.4, 0.5) is 4.79 Å². The third-order valence-electron chi connectivity index (χ3n) is 2.77. The average Bonchev–Trinajstić information content (AvgIpc) is 2.46. The molecule has 23 heavy (non-hydrogen) atoms. The average molecular weight is 343 g/mol. The van der Waals surface area contributed by atoms with E-state index in [1.54, 1.807) is 0 Å². The van der Waals surface area contributed by atoms with Crippen LogP contribution in [0, 0.1) is 5.92 Å². The first kappa shape index (κ1) is 18.8. The van der Waals surface area contributed by atoms with E-state index in [-0.39, 0.29) is 16.3 Å². The zero-order valence-corrected chi connectivity index (χ0v) is 13.6. The number of imide groups is 1. The molecule has 3 amide bonds. The molecule has 1 rings (SSSR count). The van der Waals surface area contributed by atoms with Gasteiger partial charge in [-0.2, -0.15) is 0 Å². The number of aromatic hydroxyl groups is 1. The molecule has 1 aromatic carbocycles. The van der Waals surface area contributed by atoms with Crippen LogP contribution in [0.25, 0.3) is 0 Å². The maximum Gasteiger partial charge on any atom is 0.342 e. The summed E-state index contributed by atoms with van der Waals surface area (Å²) in [6, 6.07) is 3.20. The molecular formula is C15H19ClN2O5. The lowest BCUT2D eigenvalue weighted by Crippen LogP contribution is -2.41. The number of phenolic OH excluding ortho intramolecular Hbond substituents is 1. The van der Waals surface area contributed by atoms with Crippen molar-refractivity contribution in [2.24, 2.45) is 5.92 Å². The van der Waals surface area contributed by atoms with Gasteiger partial charge < -0.3 is 15.2 Å². The van der Waals surface area contributed by atoms with Gasteiger partial charge in [-0.1, -0.05) is 25.4 Å². The summed E-state index contributed by atoms with van der Waals surface area (Å²) >= 11 is 5.71. The first-order chi connectivity index (χ1) is 10.8. The van der Waals surface area contributed by atoms with Crippen molar-refractivity contribution < 1.29 is 24.2 Å². The van der Waals surface area contributed by atoms with Crippen LogP contribution in [0.2, 0.25) is 5.02 Å². The minimum absolute atomic E-state index is 0.160. The second kappa shape index (κ2) is 8.99. The number of nitrogens with one attached hydrogen (secondary N) is 2. The highest BCUT2D eigenvalue weighted by atomic mass is 35.5. The number of amides is 3. The number of halogens is 1. The van der Waals surface area contributed by atoms with Gasteiger partial charge in [0, 0.05) is 11.6 Å². The number of carbonyl (C=O) groups excluding carboxylic acids is 3. The first-order valence-electron chi connectivity index (χ1n) is 7.03. The Morgan fingerprint density at radius 2 is 2.00 bits per heavy atom. The van der Waals surface area contributed by atoms with E-state index in [9.17, 15) is 19.5 Å². The summed E-state index contributed by atoms with van der Waals surface area (Å²) in [5.41, 5.74) is -0.160. The highest BCUT2D eigenvalue weighted by Crippen LogP contribution is 2.22. The van der Waals surface area contributed by atoms with Gasteiger partial charge in [0.05, 0.1) is 0 Å². The Morgan fingerprint density at radius 1 is 1.30 bits per heavy atom. The van der Waals surface area contributed by atoms with Gasteiger partial charge in [-0.3, -0.25) is 10.1 Å². The van der Waals surface area contributed by atoms with E-state index in [1.165, 1.54) is 18.2 Å². The Kier molecular flexibility index (Phi) is 7.34. The minimum Gasteiger partial charge on any atom is -0.507 e. The van der Waals surface area contributed by atoms with E-state index in [1.807, 2.05) is 19.2 Å². The largest absolute Gasteiger partial charge is 0.507 e. The van der Waals surface area contributed by atoms with Crippen LogP contribution >= 0.6 is 11.6 Å². The van der Waals surface area contributed by atoms with Gasteiger partial charge in [-0.05, 0) is 30.5 Å². The fourth-order valence-corrected chi connectivity index (χ4v) is 1.73. The predicted molar refractivity (Wildman–Crippen MR) is 84.4 cm³/mol. The van der Waals surface area contributed by atoms with Crippen molar-refractivity contribution >= 4 is 29.5 Å². The maximum absolute atomic E-state index is 11.7. The van der Waals surface area contributed by atoms with Gasteiger partial charge in [0.1, 0.15) is 11.3 Å². The molecule has 0 radical (unpaired) electrons. The van der Waals surface area contributed by atoms with Crippen LogP contribution in [-0.2, 0) is 9.53 Å². The van der Waals surface area contributed by atoms with Crippen molar-refractivity contribution in [2.75, 3.05) is 13.2 Å². The molecule has 0 fully saturated rings. The summed E-state index contributed by atoms with van der Waals surface area (Å²) < 4.78 is 4.72. The molecule has 0 unspecified atom stereocenters. The Labute approximate surface area is 139 Å². The lowest BCUT2D eigenvalue weighted by Gasteiger charge is -2.09. The Hall–Kier alpha value is -2.28. The molecule has 0 aliphatic rings. The molecule has 0 aliphatic carbocycles. The summed E-state index contributed by atoms with van der Waals surface area (Å²) in [6.45, 7) is 3.81. The van der Waals surface area contributed by atoms with Gasteiger partial charge in [-0.15, -0.1) is 0 Å². The summed E-state index contributed by atoms with van der Waals surface area (Å²) in [6.07, 6.45) is 0.782. The highest BCUT2D eigenvalue weighted by Gasteiger charge is 2.16. The highest BCUT2D eigenvalue weighted by molar-refractivity contribution is 6.31. The van der Waals surface area contributed by atoms with E-state index >= 15 is 0 Å². The molecule has 0 aliphatic heterocycles. The molecule has 1 aromatic rings. The van der Waals surface area contributed by atoms with Crippen molar-refractivity contribution in [2.45, 2.75) is 20.3 Å². The molecule has 126 valence electrons. The summed E-state index contributed by atoms with van der Waals surface area (Å²) in [7, 11) is 0. The van der Waals surface area contributed by atoms with Crippen LogP contribution < -0.4 is 10.6 Å². The van der Waals surface area contributed by atoms with E-state index < -0.39 is 24.5 Å². The van der Waals surface area contributed by atoms with Crippen molar-refractivity contribution in [3.63, 3.8) is 0 Å². The lowest BCUT2D eigenvalue weighted by molar-refractivity contribution is -0.123. The zero-order chi connectivity index (χ0) is 17.4. The number of phenols is 1. The quantitative estimate of drug-likeness (QED) is 0.686. The molecule has 0 spiro atoms. The third kappa shape index (κ3) is 7.01. The van der Waals surface area contributed by atoms with Crippen molar-refractivity contribution in [3.05, 3.63) is 28.8 Å². The normalized spacial score (nSPS) is 10.3. The Bertz CT molecular complexity index is 589. The molecule has 0 aromatic heterocycles. The second-order valence-corrected chi connectivity index (χ2v) is 5.66. The van der Waals surface area contributed by atoms with Crippen LogP contribution in [0.15, 0.2) is 18.2 Å². The van der Waals surface area contributed by atoms with Crippen LogP contribution in [0.3, 0.4) is 0 Å². The van der Waals surface area contributed by atoms with Crippen LogP contribution in [-0.4, -0.2) is 36.2 Å². The number of rotatable bonds is 6. The lowest BCUT2D eigenvalue weighted by atomic mass is 10.1. The summed E-state index contributed by atoms with van der Waals surface area (Å²) in [5, 5.41) is 14.3. The molecule has 0 bridgehead atoms. The van der Waals surface area contributed by atoms with Crippen molar-refractivity contribution in [1.82, 2.24) is 10.6 Å².